The van der Waals surface area contributed by atoms with Crippen LogP contribution in [0.4, 0.5) is 5.69 Å². The summed E-state index contributed by atoms with van der Waals surface area (Å²) in [5.41, 5.74) is 1.38. The number of hydrogen-bond acceptors (Lipinski definition) is 4. The third kappa shape index (κ3) is 2.96. The van der Waals surface area contributed by atoms with Crippen LogP contribution in [0.2, 0.25) is 0 Å². The van der Waals surface area contributed by atoms with Crippen LogP contribution in [0.25, 0.3) is 0 Å². The Labute approximate surface area is 98.4 Å². The zero-order valence-corrected chi connectivity index (χ0v) is 9.66. The van der Waals surface area contributed by atoms with Crippen molar-refractivity contribution in [2.75, 3.05) is 5.75 Å². The van der Waals surface area contributed by atoms with Gasteiger partial charge in [0.1, 0.15) is 0 Å². The van der Waals surface area contributed by atoms with Crippen LogP contribution in [-0.4, -0.2) is 16.6 Å². The van der Waals surface area contributed by atoms with E-state index in [1.54, 1.807) is 19.1 Å². The molecule has 0 saturated heterocycles. The number of thiol groups is 1. The van der Waals surface area contributed by atoms with Gasteiger partial charge >= 0.3 is 0 Å². The van der Waals surface area contributed by atoms with E-state index in [0.717, 1.165) is 5.56 Å². The first-order chi connectivity index (χ1) is 7.56. The molecule has 0 aliphatic carbocycles. The maximum atomic E-state index is 11.0. The Bertz CT molecular complexity index is 421. The molecule has 0 aliphatic heterocycles. The molecule has 0 heterocycles. The molecular formula is C10H12N2O3S. The maximum Gasteiger partial charge on any atom is 0.272 e. The monoisotopic (exact) mass is 240 g/mol. The highest BCUT2D eigenvalue weighted by molar-refractivity contribution is 7.81. The molecular weight excluding hydrogens is 228 g/mol. The van der Waals surface area contributed by atoms with Gasteiger partial charge in [0.15, 0.2) is 0 Å². The number of nitrogens with one attached hydrogen (secondary N) is 1. The standard InChI is InChI=1S/C10H12N2O3S/c1-7-8(5-11-10(13)6-16)3-2-4-9(7)12(14)15/h2-4,16H,5-6H2,1H3,(H,11,13). The van der Waals surface area contributed by atoms with E-state index in [2.05, 4.69) is 17.9 Å². The average Bonchev–Trinajstić information content (AvgIpc) is 2.26. The topological polar surface area (TPSA) is 72.2 Å². The van der Waals surface area contributed by atoms with Crippen molar-refractivity contribution in [2.45, 2.75) is 13.5 Å². The highest BCUT2D eigenvalue weighted by Crippen LogP contribution is 2.20. The molecule has 16 heavy (non-hydrogen) atoms. The summed E-state index contributed by atoms with van der Waals surface area (Å²) in [4.78, 5) is 21.2. The molecule has 0 fully saturated rings. The van der Waals surface area contributed by atoms with E-state index >= 15 is 0 Å². The summed E-state index contributed by atoms with van der Waals surface area (Å²) in [5, 5.41) is 13.3. The number of nitrogens with zero attached hydrogens (tertiary/aromatic N) is 1. The van der Waals surface area contributed by atoms with Crippen LogP contribution in [0.5, 0.6) is 0 Å². The van der Waals surface area contributed by atoms with Crippen molar-refractivity contribution in [3.8, 4) is 0 Å². The second-order valence-electron chi connectivity index (χ2n) is 3.25. The molecule has 5 nitrogen and oxygen atoms in total. The number of rotatable bonds is 4. The molecule has 86 valence electrons. The Morgan fingerprint density at radius 1 is 1.56 bits per heavy atom. The van der Waals surface area contributed by atoms with Crippen molar-refractivity contribution in [1.29, 1.82) is 0 Å². The van der Waals surface area contributed by atoms with Crippen molar-refractivity contribution in [3.63, 3.8) is 0 Å². The fourth-order valence-corrected chi connectivity index (χ4v) is 1.42. The van der Waals surface area contributed by atoms with E-state index in [0.29, 0.717) is 5.56 Å². The van der Waals surface area contributed by atoms with E-state index in [1.807, 2.05) is 0 Å². The van der Waals surface area contributed by atoms with Gasteiger partial charge in [0.05, 0.1) is 10.7 Å². The van der Waals surface area contributed by atoms with Crippen molar-refractivity contribution < 1.29 is 9.72 Å². The minimum Gasteiger partial charge on any atom is -0.351 e. The molecule has 0 spiro atoms. The summed E-state index contributed by atoms with van der Waals surface area (Å²) < 4.78 is 0. The van der Waals surface area contributed by atoms with Crippen LogP contribution >= 0.6 is 12.6 Å². The van der Waals surface area contributed by atoms with Crippen molar-refractivity contribution in [2.24, 2.45) is 0 Å². The van der Waals surface area contributed by atoms with Crippen molar-refractivity contribution in [1.82, 2.24) is 5.32 Å². The van der Waals surface area contributed by atoms with Gasteiger partial charge in [-0.1, -0.05) is 12.1 Å². The Morgan fingerprint density at radius 2 is 2.25 bits per heavy atom. The minimum atomic E-state index is -0.431. The number of hydrogen-bond donors (Lipinski definition) is 2. The number of nitro groups is 1. The van der Waals surface area contributed by atoms with Gasteiger partial charge in [-0.25, -0.2) is 0 Å². The summed E-state index contributed by atoms with van der Waals surface area (Å²) >= 11 is 3.82. The van der Waals surface area contributed by atoms with Crippen LogP contribution in [0.1, 0.15) is 11.1 Å². The van der Waals surface area contributed by atoms with Crippen LogP contribution in [-0.2, 0) is 11.3 Å². The molecule has 1 rings (SSSR count). The van der Waals surface area contributed by atoms with Gasteiger partial charge in [-0.3, -0.25) is 14.9 Å². The van der Waals surface area contributed by atoms with Gasteiger partial charge in [-0.2, -0.15) is 12.6 Å². The number of amides is 1. The molecule has 1 aromatic rings. The van der Waals surface area contributed by atoms with E-state index in [-0.39, 0.29) is 23.9 Å². The number of nitro benzene ring substituents is 1. The van der Waals surface area contributed by atoms with Gasteiger partial charge < -0.3 is 5.32 Å². The zero-order valence-electron chi connectivity index (χ0n) is 8.77. The van der Waals surface area contributed by atoms with E-state index in [9.17, 15) is 14.9 Å². The molecule has 1 N–H and O–H groups in total. The quantitative estimate of drug-likeness (QED) is 0.475. The third-order valence-corrected chi connectivity index (χ3v) is 2.52. The molecule has 6 heteroatoms. The first-order valence-corrected chi connectivity index (χ1v) is 5.30. The van der Waals surface area contributed by atoms with Crippen LogP contribution in [0, 0.1) is 17.0 Å². The van der Waals surface area contributed by atoms with E-state index in [4.69, 9.17) is 0 Å². The second kappa shape index (κ2) is 5.50. The fraction of sp³-hybridized carbons (Fsp3) is 0.300. The van der Waals surface area contributed by atoms with Gasteiger partial charge in [-0.05, 0) is 12.5 Å². The van der Waals surface area contributed by atoms with Crippen LogP contribution in [0.3, 0.4) is 0 Å². The molecule has 1 aromatic carbocycles. The molecule has 0 radical (unpaired) electrons. The Morgan fingerprint density at radius 3 is 2.81 bits per heavy atom. The van der Waals surface area contributed by atoms with E-state index < -0.39 is 4.92 Å². The fourth-order valence-electron chi connectivity index (χ4n) is 1.31. The summed E-state index contributed by atoms with van der Waals surface area (Å²) in [6.45, 7) is 1.95. The van der Waals surface area contributed by atoms with Gasteiger partial charge in [0, 0.05) is 18.2 Å². The van der Waals surface area contributed by atoms with Gasteiger partial charge in [-0.15, -0.1) is 0 Å². The van der Waals surface area contributed by atoms with Gasteiger partial charge in [0.2, 0.25) is 5.91 Å². The molecule has 0 atom stereocenters. The minimum absolute atomic E-state index is 0.0672. The Hall–Kier alpha value is -1.56. The Balaban J connectivity index is 2.85. The van der Waals surface area contributed by atoms with Crippen molar-refractivity contribution >= 4 is 24.2 Å². The summed E-state index contributed by atoms with van der Waals surface area (Å²) in [6, 6.07) is 4.80. The third-order valence-electron chi connectivity index (χ3n) is 2.23. The van der Waals surface area contributed by atoms with E-state index in [1.165, 1.54) is 6.07 Å². The summed E-state index contributed by atoms with van der Waals surface area (Å²) in [7, 11) is 0. The SMILES string of the molecule is Cc1c(CNC(=O)CS)cccc1[N+](=O)[O-]. The lowest BCUT2D eigenvalue weighted by Crippen LogP contribution is -2.24. The number of benzene rings is 1. The number of carbonyl (C=O) groups is 1. The largest absolute Gasteiger partial charge is 0.351 e. The normalized spacial score (nSPS) is 9.88. The summed E-state index contributed by atoms with van der Waals surface area (Å²) in [6.07, 6.45) is 0. The lowest BCUT2D eigenvalue weighted by Gasteiger charge is -2.07. The Kier molecular flexibility index (Phi) is 4.30. The van der Waals surface area contributed by atoms with Gasteiger partial charge in [0.25, 0.3) is 5.69 Å². The predicted octanol–water partition coefficient (Wildman–Crippen LogP) is 1.45. The zero-order chi connectivity index (χ0) is 12.1. The van der Waals surface area contributed by atoms with Crippen LogP contribution < -0.4 is 5.32 Å². The maximum absolute atomic E-state index is 11.0. The lowest BCUT2D eigenvalue weighted by atomic mass is 10.1. The lowest BCUT2D eigenvalue weighted by molar-refractivity contribution is -0.385. The highest BCUT2D eigenvalue weighted by Gasteiger charge is 2.13. The average molecular weight is 240 g/mol. The molecule has 0 saturated carbocycles. The second-order valence-corrected chi connectivity index (χ2v) is 3.57. The molecule has 0 unspecified atom stereocenters. The highest BCUT2D eigenvalue weighted by atomic mass is 32.1. The molecule has 0 aromatic heterocycles. The first-order valence-electron chi connectivity index (χ1n) is 4.66. The molecule has 0 aliphatic rings. The smallest absolute Gasteiger partial charge is 0.272 e. The first kappa shape index (κ1) is 12.5. The van der Waals surface area contributed by atoms with Crippen molar-refractivity contribution in [3.05, 3.63) is 39.4 Å². The molecule has 0 bridgehead atoms. The molecule has 1 amide bonds. The summed E-state index contributed by atoms with van der Waals surface area (Å²) in [5.74, 6) is -0.0946. The predicted molar refractivity (Wildman–Crippen MR) is 63.5 cm³/mol. The number of carbonyl (C=O) groups excluding carboxylic acids is 1. The van der Waals surface area contributed by atoms with Crippen LogP contribution in [0.15, 0.2) is 18.2 Å².